The average molecular weight is 238 g/mol. The molecule has 5 heteroatoms. The molecule has 0 radical (unpaired) electrons. The average Bonchev–Trinajstić information content (AvgIpc) is 2.29. The molecule has 1 heterocycles. The Bertz CT molecular complexity index is 451. The van der Waals surface area contributed by atoms with Crippen molar-refractivity contribution in [3.63, 3.8) is 0 Å². The predicted molar refractivity (Wildman–Crippen MR) is 65.6 cm³/mol. The van der Waals surface area contributed by atoms with E-state index >= 15 is 0 Å². The van der Waals surface area contributed by atoms with Gasteiger partial charge in [-0.15, -0.1) is 0 Å². The van der Waals surface area contributed by atoms with Gasteiger partial charge in [0.25, 0.3) is 5.56 Å². The van der Waals surface area contributed by atoms with Crippen molar-refractivity contribution >= 4 is 11.7 Å². The summed E-state index contributed by atoms with van der Waals surface area (Å²) in [6, 6.07) is 2.55. The van der Waals surface area contributed by atoms with Gasteiger partial charge in [-0.1, -0.05) is 13.8 Å². The number of anilines is 1. The zero-order valence-electron chi connectivity index (χ0n) is 10.3. The zero-order valence-corrected chi connectivity index (χ0v) is 10.3. The van der Waals surface area contributed by atoms with E-state index < -0.39 is 12.0 Å². The fourth-order valence-corrected chi connectivity index (χ4v) is 1.68. The normalized spacial score (nSPS) is 12.5. The molecule has 1 aromatic heterocycles. The number of carbonyl (C=O) groups excluding carboxylic acids is 1. The van der Waals surface area contributed by atoms with Crippen molar-refractivity contribution in [2.75, 3.05) is 12.8 Å². The lowest BCUT2D eigenvalue weighted by Crippen LogP contribution is -2.32. The number of aromatic nitrogens is 1. The Morgan fingerprint density at radius 2 is 2.18 bits per heavy atom. The Labute approximate surface area is 100 Å². The third kappa shape index (κ3) is 3.09. The summed E-state index contributed by atoms with van der Waals surface area (Å²) in [7, 11) is 1.31. The topological polar surface area (TPSA) is 74.3 Å². The monoisotopic (exact) mass is 238 g/mol. The molecule has 0 amide bonds. The lowest BCUT2D eigenvalue weighted by molar-refractivity contribution is -0.145. The maximum absolute atomic E-state index is 11.8. The van der Waals surface area contributed by atoms with Crippen LogP contribution in [0.2, 0.25) is 0 Å². The van der Waals surface area contributed by atoms with Gasteiger partial charge in [0.2, 0.25) is 0 Å². The molecular formula is C12H18N2O3. The molecule has 5 nitrogen and oxygen atoms in total. The molecule has 0 unspecified atom stereocenters. The first-order valence-corrected chi connectivity index (χ1v) is 5.51. The lowest BCUT2D eigenvalue weighted by Gasteiger charge is -2.19. The molecule has 2 N–H and O–H groups in total. The first kappa shape index (κ1) is 13.3. The van der Waals surface area contributed by atoms with Gasteiger partial charge in [-0.2, -0.15) is 0 Å². The van der Waals surface area contributed by atoms with E-state index in [0.717, 1.165) is 0 Å². The number of hydrogen-bond acceptors (Lipinski definition) is 4. The standard InChI is InChI=1S/C12H18N2O3/c1-8(2)7-10(12(16)17-3)14-6-4-5-9(13)11(14)15/h4-6,8,10H,7,13H2,1-3H3/t10-/m0/s1. The van der Waals surface area contributed by atoms with Crippen LogP contribution in [0.3, 0.4) is 0 Å². The van der Waals surface area contributed by atoms with E-state index in [-0.39, 0.29) is 17.2 Å². The van der Waals surface area contributed by atoms with E-state index in [1.807, 2.05) is 13.8 Å². The zero-order chi connectivity index (χ0) is 13.0. The molecule has 17 heavy (non-hydrogen) atoms. The molecule has 0 aliphatic rings. The summed E-state index contributed by atoms with van der Waals surface area (Å²) < 4.78 is 6.06. The Hall–Kier alpha value is -1.78. The van der Waals surface area contributed by atoms with Crippen LogP contribution in [0.15, 0.2) is 23.1 Å². The van der Waals surface area contributed by atoms with Crippen molar-refractivity contribution in [3.05, 3.63) is 28.7 Å². The number of hydrogen-bond donors (Lipinski definition) is 1. The minimum Gasteiger partial charge on any atom is -0.467 e. The summed E-state index contributed by atoms with van der Waals surface area (Å²) in [6.45, 7) is 3.96. The molecule has 1 atom stereocenters. The number of pyridine rings is 1. The number of methoxy groups -OCH3 is 1. The van der Waals surface area contributed by atoms with E-state index in [1.54, 1.807) is 12.3 Å². The third-order valence-corrected chi connectivity index (χ3v) is 2.51. The second kappa shape index (κ2) is 5.52. The van der Waals surface area contributed by atoms with Gasteiger partial charge in [0.1, 0.15) is 6.04 Å². The first-order chi connectivity index (χ1) is 7.97. The van der Waals surface area contributed by atoms with Crippen LogP contribution in [0.5, 0.6) is 0 Å². The fraction of sp³-hybridized carbons (Fsp3) is 0.500. The predicted octanol–water partition coefficient (Wildman–Crippen LogP) is 1.19. The van der Waals surface area contributed by atoms with E-state index in [9.17, 15) is 9.59 Å². The number of rotatable bonds is 4. The molecule has 0 fully saturated rings. The Kier molecular flexibility index (Phi) is 4.31. The fourth-order valence-electron chi connectivity index (χ4n) is 1.68. The largest absolute Gasteiger partial charge is 0.467 e. The van der Waals surface area contributed by atoms with Crippen molar-refractivity contribution in [1.29, 1.82) is 0 Å². The van der Waals surface area contributed by atoms with Gasteiger partial charge in [0, 0.05) is 6.20 Å². The quantitative estimate of drug-likeness (QED) is 0.799. The molecule has 0 saturated carbocycles. The van der Waals surface area contributed by atoms with Crippen LogP contribution < -0.4 is 11.3 Å². The number of nitrogens with zero attached hydrogens (tertiary/aromatic N) is 1. The number of nitrogens with two attached hydrogens (primary N) is 1. The van der Waals surface area contributed by atoms with Gasteiger partial charge in [-0.05, 0) is 24.5 Å². The van der Waals surface area contributed by atoms with Crippen molar-refractivity contribution in [2.45, 2.75) is 26.3 Å². The Morgan fingerprint density at radius 1 is 1.53 bits per heavy atom. The molecule has 0 aliphatic carbocycles. The highest BCUT2D eigenvalue weighted by Gasteiger charge is 2.23. The summed E-state index contributed by atoms with van der Waals surface area (Å²) in [6.07, 6.45) is 2.10. The molecule has 0 aliphatic heterocycles. The van der Waals surface area contributed by atoms with Gasteiger partial charge in [-0.25, -0.2) is 4.79 Å². The summed E-state index contributed by atoms with van der Waals surface area (Å²) in [4.78, 5) is 23.5. The van der Waals surface area contributed by atoms with Gasteiger partial charge in [0.05, 0.1) is 12.8 Å². The van der Waals surface area contributed by atoms with Gasteiger partial charge in [-0.3, -0.25) is 9.36 Å². The second-order valence-corrected chi connectivity index (χ2v) is 4.34. The lowest BCUT2D eigenvalue weighted by atomic mass is 10.0. The van der Waals surface area contributed by atoms with Gasteiger partial charge >= 0.3 is 5.97 Å². The number of esters is 1. The highest BCUT2D eigenvalue weighted by molar-refractivity contribution is 5.74. The molecule has 0 bridgehead atoms. The molecule has 0 saturated heterocycles. The van der Waals surface area contributed by atoms with Crippen LogP contribution in [0, 0.1) is 5.92 Å². The van der Waals surface area contributed by atoms with Crippen LogP contribution in [0.1, 0.15) is 26.3 Å². The summed E-state index contributed by atoms with van der Waals surface area (Å²) in [5, 5.41) is 0. The molecule has 0 aromatic carbocycles. The number of ether oxygens (including phenoxy) is 1. The highest BCUT2D eigenvalue weighted by Crippen LogP contribution is 2.17. The second-order valence-electron chi connectivity index (χ2n) is 4.34. The Balaban J connectivity index is 3.17. The van der Waals surface area contributed by atoms with Crippen molar-refractivity contribution in [1.82, 2.24) is 4.57 Å². The number of nitrogen functional groups attached to an aromatic ring is 1. The van der Waals surface area contributed by atoms with Crippen molar-refractivity contribution < 1.29 is 9.53 Å². The van der Waals surface area contributed by atoms with Gasteiger partial charge < -0.3 is 10.5 Å². The smallest absolute Gasteiger partial charge is 0.328 e. The summed E-state index contributed by atoms with van der Waals surface area (Å²) in [5.74, 6) is -0.154. The van der Waals surface area contributed by atoms with Crippen LogP contribution >= 0.6 is 0 Å². The minimum absolute atomic E-state index is 0.130. The molecule has 1 aromatic rings. The number of carbonyl (C=O) groups is 1. The SMILES string of the molecule is COC(=O)[C@H](CC(C)C)n1cccc(N)c1=O. The van der Waals surface area contributed by atoms with Crippen LogP contribution in [-0.2, 0) is 9.53 Å². The van der Waals surface area contributed by atoms with E-state index in [1.165, 1.54) is 17.7 Å². The molecule has 0 spiro atoms. The third-order valence-electron chi connectivity index (χ3n) is 2.51. The van der Waals surface area contributed by atoms with E-state index in [0.29, 0.717) is 6.42 Å². The molecule has 1 rings (SSSR count). The summed E-state index contributed by atoms with van der Waals surface area (Å²) >= 11 is 0. The Morgan fingerprint density at radius 3 is 2.71 bits per heavy atom. The van der Waals surface area contributed by atoms with Crippen LogP contribution in [0.25, 0.3) is 0 Å². The summed E-state index contributed by atoms with van der Waals surface area (Å²) in [5.41, 5.74) is 5.32. The van der Waals surface area contributed by atoms with Crippen LogP contribution in [0.4, 0.5) is 5.69 Å². The maximum Gasteiger partial charge on any atom is 0.328 e. The van der Waals surface area contributed by atoms with Crippen molar-refractivity contribution in [3.8, 4) is 0 Å². The van der Waals surface area contributed by atoms with Gasteiger partial charge in [0.15, 0.2) is 0 Å². The maximum atomic E-state index is 11.8. The molecular weight excluding hydrogens is 220 g/mol. The van der Waals surface area contributed by atoms with Crippen LogP contribution in [-0.4, -0.2) is 17.6 Å². The van der Waals surface area contributed by atoms with Crippen molar-refractivity contribution in [2.24, 2.45) is 5.92 Å². The minimum atomic E-state index is -0.615. The van der Waals surface area contributed by atoms with E-state index in [4.69, 9.17) is 10.5 Å². The first-order valence-electron chi connectivity index (χ1n) is 5.51. The highest BCUT2D eigenvalue weighted by atomic mass is 16.5. The van der Waals surface area contributed by atoms with E-state index in [2.05, 4.69) is 0 Å². The molecule has 94 valence electrons.